The number of phenolic OH excluding ortho intramolecular Hbond substituents is 1. The van der Waals surface area contributed by atoms with Crippen LogP contribution in [0.25, 0.3) is 0 Å². The van der Waals surface area contributed by atoms with Crippen LogP contribution in [0.1, 0.15) is 16.8 Å². The van der Waals surface area contributed by atoms with Gasteiger partial charge in [-0.2, -0.15) is 0 Å². The number of aliphatic hydroxyl groups excluding tert-OH is 1. The van der Waals surface area contributed by atoms with Crippen molar-refractivity contribution in [1.29, 1.82) is 0 Å². The van der Waals surface area contributed by atoms with Gasteiger partial charge in [-0.15, -0.1) is 0 Å². The summed E-state index contributed by atoms with van der Waals surface area (Å²) >= 11 is 5.71. The Labute approximate surface area is 113 Å². The number of nitrogens with zero attached hydrogens (tertiary/aromatic N) is 1. The number of benzene rings is 1. The fraction of sp³-hybridized carbons (Fsp3) is 0.333. The molecule has 0 aliphatic carbocycles. The molecule has 1 fully saturated rings. The second-order valence-corrected chi connectivity index (χ2v) is 4.77. The number of hydrogen-bond donors (Lipinski definition) is 3. The fourth-order valence-electron chi connectivity index (χ4n) is 2.08. The van der Waals surface area contributed by atoms with Gasteiger partial charge in [0.2, 0.25) is 0 Å². The molecule has 1 heterocycles. The number of aromatic hydroxyl groups is 1. The first-order chi connectivity index (χ1) is 8.90. The van der Waals surface area contributed by atoms with E-state index < -0.39 is 24.0 Å². The number of β-amino-alcohol motifs (C(OH)–C–C–N with tert-alkyl or cyclic N) is 1. The van der Waals surface area contributed by atoms with Gasteiger partial charge in [0.15, 0.2) is 0 Å². The van der Waals surface area contributed by atoms with Gasteiger partial charge in [0.1, 0.15) is 11.8 Å². The van der Waals surface area contributed by atoms with E-state index in [-0.39, 0.29) is 29.3 Å². The summed E-state index contributed by atoms with van der Waals surface area (Å²) in [5, 5.41) is 27.8. The number of carboxylic acid groups (broad SMARTS) is 1. The van der Waals surface area contributed by atoms with E-state index in [4.69, 9.17) is 16.7 Å². The molecule has 102 valence electrons. The summed E-state index contributed by atoms with van der Waals surface area (Å²) in [6.07, 6.45) is -0.843. The summed E-state index contributed by atoms with van der Waals surface area (Å²) in [5.74, 6) is -1.85. The molecule has 1 amide bonds. The molecule has 1 saturated heterocycles. The van der Waals surface area contributed by atoms with Crippen LogP contribution in [0.2, 0.25) is 5.02 Å². The number of rotatable bonds is 2. The van der Waals surface area contributed by atoms with Gasteiger partial charge in [0.25, 0.3) is 5.91 Å². The molecule has 3 N–H and O–H groups in total. The zero-order valence-electron chi connectivity index (χ0n) is 9.78. The number of amides is 1. The van der Waals surface area contributed by atoms with E-state index >= 15 is 0 Å². The number of carbonyl (C=O) groups excluding carboxylic acids is 1. The van der Waals surface area contributed by atoms with Crippen molar-refractivity contribution in [2.45, 2.75) is 18.6 Å². The molecule has 1 aliphatic rings. The second-order valence-electron chi connectivity index (χ2n) is 4.37. The number of phenols is 1. The highest BCUT2D eigenvalue weighted by Crippen LogP contribution is 2.26. The summed E-state index contributed by atoms with van der Waals surface area (Å²) < 4.78 is 0. The Bertz CT molecular complexity index is 533. The lowest BCUT2D eigenvalue weighted by Gasteiger charge is -2.21. The minimum absolute atomic E-state index is 0.00683. The molecule has 6 nitrogen and oxygen atoms in total. The summed E-state index contributed by atoms with van der Waals surface area (Å²) in [6, 6.07) is 2.84. The molecule has 0 radical (unpaired) electrons. The first kappa shape index (κ1) is 13.6. The third-order valence-corrected chi connectivity index (χ3v) is 3.32. The second kappa shape index (κ2) is 5.07. The van der Waals surface area contributed by atoms with E-state index in [0.717, 1.165) is 4.90 Å². The Balaban J connectivity index is 2.27. The highest BCUT2D eigenvalue weighted by atomic mass is 35.5. The zero-order chi connectivity index (χ0) is 14.2. The molecule has 2 atom stereocenters. The topological polar surface area (TPSA) is 98.1 Å². The van der Waals surface area contributed by atoms with Crippen molar-refractivity contribution in [2.24, 2.45) is 0 Å². The SMILES string of the molecule is O=C(O)[C@@H]1C[C@H](O)CN1C(=O)c1ccc(O)c(Cl)c1. The molecule has 19 heavy (non-hydrogen) atoms. The van der Waals surface area contributed by atoms with Crippen molar-refractivity contribution in [3.05, 3.63) is 28.8 Å². The average Bonchev–Trinajstić information content (AvgIpc) is 2.74. The van der Waals surface area contributed by atoms with E-state index in [0.29, 0.717) is 0 Å². The Morgan fingerprint density at radius 2 is 2.05 bits per heavy atom. The average molecular weight is 286 g/mol. The number of halogens is 1. The van der Waals surface area contributed by atoms with Crippen LogP contribution < -0.4 is 0 Å². The van der Waals surface area contributed by atoms with Gasteiger partial charge in [-0.1, -0.05) is 11.6 Å². The molecule has 1 aromatic rings. The molecule has 2 rings (SSSR count). The Morgan fingerprint density at radius 3 is 2.63 bits per heavy atom. The predicted molar refractivity (Wildman–Crippen MR) is 66.2 cm³/mol. The number of likely N-dealkylation sites (tertiary alicyclic amines) is 1. The third-order valence-electron chi connectivity index (χ3n) is 3.02. The van der Waals surface area contributed by atoms with Gasteiger partial charge in [-0.05, 0) is 18.2 Å². The smallest absolute Gasteiger partial charge is 0.326 e. The van der Waals surface area contributed by atoms with Crippen molar-refractivity contribution in [3.63, 3.8) is 0 Å². The van der Waals surface area contributed by atoms with Crippen LogP contribution in [0.3, 0.4) is 0 Å². The zero-order valence-corrected chi connectivity index (χ0v) is 10.5. The molecule has 0 bridgehead atoms. The minimum Gasteiger partial charge on any atom is -0.506 e. The standard InChI is InChI=1S/C12H12ClNO5/c13-8-3-6(1-2-10(8)16)11(17)14-5-7(15)4-9(14)12(18)19/h1-3,7,9,15-16H,4-5H2,(H,18,19)/t7-,9-/m0/s1. The first-order valence-corrected chi connectivity index (χ1v) is 5.98. The lowest BCUT2D eigenvalue weighted by Crippen LogP contribution is -2.40. The molecule has 0 saturated carbocycles. The Hall–Kier alpha value is -1.79. The molecule has 1 aromatic carbocycles. The van der Waals surface area contributed by atoms with E-state index in [2.05, 4.69) is 0 Å². The maximum Gasteiger partial charge on any atom is 0.326 e. The number of aliphatic hydroxyl groups is 1. The Kier molecular flexibility index (Phi) is 3.64. The van der Waals surface area contributed by atoms with Crippen LogP contribution in [0.5, 0.6) is 5.75 Å². The summed E-state index contributed by atoms with van der Waals surface area (Å²) in [4.78, 5) is 24.3. The summed E-state index contributed by atoms with van der Waals surface area (Å²) in [6.45, 7) is -0.0334. The minimum atomic E-state index is -1.16. The van der Waals surface area contributed by atoms with E-state index in [1.165, 1.54) is 18.2 Å². The van der Waals surface area contributed by atoms with Crippen LogP contribution in [-0.2, 0) is 4.79 Å². The van der Waals surface area contributed by atoms with Crippen molar-refractivity contribution < 1.29 is 24.9 Å². The summed E-state index contributed by atoms with van der Waals surface area (Å²) in [5.41, 5.74) is 0.170. The summed E-state index contributed by atoms with van der Waals surface area (Å²) in [7, 11) is 0. The van der Waals surface area contributed by atoms with Crippen molar-refractivity contribution in [2.75, 3.05) is 6.54 Å². The molecule has 1 aliphatic heterocycles. The van der Waals surface area contributed by atoms with Crippen LogP contribution >= 0.6 is 11.6 Å². The van der Waals surface area contributed by atoms with Gasteiger partial charge in [-0.3, -0.25) is 4.79 Å². The van der Waals surface area contributed by atoms with Crippen molar-refractivity contribution >= 4 is 23.5 Å². The number of hydrogen-bond acceptors (Lipinski definition) is 4. The van der Waals surface area contributed by atoms with Crippen molar-refractivity contribution in [3.8, 4) is 5.75 Å². The number of carbonyl (C=O) groups is 2. The van der Waals surface area contributed by atoms with Crippen LogP contribution in [-0.4, -0.2) is 50.8 Å². The number of aliphatic carboxylic acids is 1. The normalized spacial score (nSPS) is 22.5. The molecule has 0 spiro atoms. The monoisotopic (exact) mass is 285 g/mol. The van der Waals surface area contributed by atoms with Crippen molar-refractivity contribution in [1.82, 2.24) is 4.90 Å². The van der Waals surface area contributed by atoms with Gasteiger partial charge < -0.3 is 20.2 Å². The molecular weight excluding hydrogens is 274 g/mol. The maximum absolute atomic E-state index is 12.2. The van der Waals surface area contributed by atoms with Crippen LogP contribution in [0.15, 0.2) is 18.2 Å². The molecule has 0 unspecified atom stereocenters. The molecule has 7 heteroatoms. The van der Waals surface area contributed by atoms with Gasteiger partial charge >= 0.3 is 5.97 Å². The predicted octanol–water partition coefficient (Wildman–Crippen LogP) is 0.706. The highest BCUT2D eigenvalue weighted by molar-refractivity contribution is 6.32. The highest BCUT2D eigenvalue weighted by Gasteiger charge is 2.39. The lowest BCUT2D eigenvalue weighted by atomic mass is 10.1. The van der Waals surface area contributed by atoms with Crippen LogP contribution in [0.4, 0.5) is 0 Å². The maximum atomic E-state index is 12.2. The van der Waals surface area contributed by atoms with E-state index in [1.54, 1.807) is 0 Å². The molecular formula is C12H12ClNO5. The molecule has 0 aromatic heterocycles. The third kappa shape index (κ3) is 2.64. The van der Waals surface area contributed by atoms with Gasteiger partial charge in [0, 0.05) is 18.5 Å². The quantitative estimate of drug-likeness (QED) is 0.743. The largest absolute Gasteiger partial charge is 0.506 e. The van der Waals surface area contributed by atoms with E-state index in [1.807, 2.05) is 0 Å². The lowest BCUT2D eigenvalue weighted by molar-refractivity contribution is -0.141. The first-order valence-electron chi connectivity index (χ1n) is 5.60. The van der Waals surface area contributed by atoms with Gasteiger partial charge in [-0.25, -0.2) is 4.79 Å². The fourth-order valence-corrected chi connectivity index (χ4v) is 2.26. The Morgan fingerprint density at radius 1 is 1.37 bits per heavy atom. The van der Waals surface area contributed by atoms with Gasteiger partial charge in [0.05, 0.1) is 11.1 Å². The van der Waals surface area contributed by atoms with E-state index in [9.17, 15) is 19.8 Å². The van der Waals surface area contributed by atoms with Crippen LogP contribution in [0, 0.1) is 0 Å². The number of carboxylic acids is 1.